The van der Waals surface area contributed by atoms with E-state index in [1.165, 1.54) is 24.9 Å². The van der Waals surface area contributed by atoms with E-state index in [0.717, 1.165) is 12.2 Å². The molecule has 1 atom stereocenters. The molecule has 0 radical (unpaired) electrons. The molecule has 0 spiro atoms. The van der Waals surface area contributed by atoms with Gasteiger partial charge in [0.25, 0.3) is 0 Å². The van der Waals surface area contributed by atoms with Gasteiger partial charge in [0.1, 0.15) is 0 Å². The molecule has 2 nitrogen and oxygen atoms in total. The van der Waals surface area contributed by atoms with Gasteiger partial charge in [-0.2, -0.15) is 0 Å². The monoisotopic (exact) mass is 202 g/mol. The predicted octanol–water partition coefficient (Wildman–Crippen LogP) is 2.59. The van der Waals surface area contributed by atoms with Gasteiger partial charge >= 0.3 is 0 Å². The first-order chi connectivity index (χ1) is 7.31. The molecule has 1 saturated heterocycles. The van der Waals surface area contributed by atoms with E-state index in [1.54, 1.807) is 0 Å². The summed E-state index contributed by atoms with van der Waals surface area (Å²) in [5.41, 5.74) is 7.91. The molecule has 2 N–H and O–H groups in total. The number of rotatable bonds is 3. The quantitative estimate of drug-likeness (QED) is 0.603. The Morgan fingerprint density at radius 2 is 2.13 bits per heavy atom. The van der Waals surface area contributed by atoms with Gasteiger partial charge < -0.3 is 5.73 Å². The summed E-state index contributed by atoms with van der Waals surface area (Å²) in [7, 11) is 0. The number of nitrogen functional groups attached to an aromatic ring is 1. The SMILES string of the molecule is C=CCN1CCC[C@@H]1c1ccc(N)cc1. The summed E-state index contributed by atoms with van der Waals surface area (Å²) in [6.45, 7) is 5.97. The Labute approximate surface area is 91.4 Å². The van der Waals surface area contributed by atoms with Crippen LogP contribution in [0.25, 0.3) is 0 Å². The first-order valence-electron chi connectivity index (χ1n) is 5.51. The van der Waals surface area contributed by atoms with Crippen molar-refractivity contribution in [1.29, 1.82) is 0 Å². The van der Waals surface area contributed by atoms with Crippen LogP contribution in [0.15, 0.2) is 36.9 Å². The second kappa shape index (κ2) is 4.49. The second-order valence-electron chi connectivity index (χ2n) is 4.11. The highest BCUT2D eigenvalue weighted by Crippen LogP contribution is 2.31. The van der Waals surface area contributed by atoms with Gasteiger partial charge in [-0.3, -0.25) is 4.90 Å². The summed E-state index contributed by atoms with van der Waals surface area (Å²) >= 11 is 0. The molecular weight excluding hydrogens is 184 g/mol. The lowest BCUT2D eigenvalue weighted by Crippen LogP contribution is -2.23. The fraction of sp³-hybridized carbons (Fsp3) is 0.385. The van der Waals surface area contributed by atoms with Crippen molar-refractivity contribution in [3.8, 4) is 0 Å². The van der Waals surface area contributed by atoms with Crippen LogP contribution >= 0.6 is 0 Å². The zero-order valence-corrected chi connectivity index (χ0v) is 9.02. The summed E-state index contributed by atoms with van der Waals surface area (Å²) < 4.78 is 0. The molecule has 0 aliphatic carbocycles. The van der Waals surface area contributed by atoms with E-state index in [4.69, 9.17) is 5.73 Å². The molecule has 2 heteroatoms. The Hall–Kier alpha value is -1.28. The first-order valence-corrected chi connectivity index (χ1v) is 5.51. The topological polar surface area (TPSA) is 29.3 Å². The van der Waals surface area contributed by atoms with Crippen LogP contribution in [0.3, 0.4) is 0 Å². The van der Waals surface area contributed by atoms with Crippen LogP contribution in [0, 0.1) is 0 Å². The summed E-state index contributed by atoms with van der Waals surface area (Å²) in [5, 5.41) is 0. The minimum absolute atomic E-state index is 0.559. The molecule has 1 aliphatic heterocycles. The van der Waals surface area contributed by atoms with Gasteiger partial charge in [0.15, 0.2) is 0 Å². The van der Waals surface area contributed by atoms with Gasteiger partial charge in [0.05, 0.1) is 0 Å². The maximum atomic E-state index is 5.69. The average Bonchev–Trinajstić information content (AvgIpc) is 2.68. The molecule has 1 aliphatic rings. The Morgan fingerprint density at radius 3 is 2.80 bits per heavy atom. The number of nitrogens with two attached hydrogens (primary N) is 1. The van der Waals surface area contributed by atoms with Crippen LogP contribution in [0.1, 0.15) is 24.4 Å². The molecule has 1 aromatic carbocycles. The van der Waals surface area contributed by atoms with Crippen molar-refractivity contribution in [3.63, 3.8) is 0 Å². The predicted molar refractivity (Wildman–Crippen MR) is 64.6 cm³/mol. The normalized spacial score (nSPS) is 21.7. The van der Waals surface area contributed by atoms with Gasteiger partial charge in [-0.05, 0) is 37.1 Å². The number of likely N-dealkylation sites (tertiary alicyclic amines) is 1. The molecule has 15 heavy (non-hydrogen) atoms. The molecular formula is C13H18N2. The lowest BCUT2D eigenvalue weighted by molar-refractivity contribution is 0.286. The highest BCUT2D eigenvalue weighted by molar-refractivity contribution is 5.40. The maximum Gasteiger partial charge on any atom is 0.0351 e. The van der Waals surface area contributed by atoms with Crippen molar-refractivity contribution in [2.24, 2.45) is 0 Å². The highest BCUT2D eigenvalue weighted by Gasteiger charge is 2.24. The number of benzene rings is 1. The van der Waals surface area contributed by atoms with E-state index < -0.39 is 0 Å². The molecule has 1 fully saturated rings. The van der Waals surface area contributed by atoms with Crippen molar-refractivity contribution in [2.75, 3.05) is 18.8 Å². The van der Waals surface area contributed by atoms with Crippen LogP contribution in [0.4, 0.5) is 5.69 Å². The molecule has 0 saturated carbocycles. The first kappa shape index (κ1) is 10.2. The molecule has 2 rings (SSSR count). The number of hydrogen-bond donors (Lipinski definition) is 1. The average molecular weight is 202 g/mol. The Morgan fingerprint density at radius 1 is 1.40 bits per heavy atom. The summed E-state index contributed by atoms with van der Waals surface area (Å²) in [5.74, 6) is 0. The third-order valence-electron chi connectivity index (χ3n) is 3.05. The fourth-order valence-electron chi connectivity index (χ4n) is 2.31. The summed E-state index contributed by atoms with van der Waals surface area (Å²) in [4.78, 5) is 2.47. The molecule has 0 unspecified atom stereocenters. The van der Waals surface area contributed by atoms with E-state index in [9.17, 15) is 0 Å². The zero-order chi connectivity index (χ0) is 10.7. The highest BCUT2D eigenvalue weighted by atomic mass is 15.2. The van der Waals surface area contributed by atoms with E-state index >= 15 is 0 Å². The molecule has 80 valence electrons. The standard InChI is InChI=1S/C13H18N2/c1-2-9-15-10-3-4-13(15)11-5-7-12(14)8-6-11/h2,5-8,13H,1,3-4,9-10,14H2/t13-/m1/s1. The Bertz CT molecular complexity index is 329. The molecule has 1 aromatic rings. The third kappa shape index (κ3) is 2.21. The van der Waals surface area contributed by atoms with Crippen LogP contribution < -0.4 is 5.73 Å². The van der Waals surface area contributed by atoms with Gasteiger partial charge in [-0.15, -0.1) is 6.58 Å². The second-order valence-corrected chi connectivity index (χ2v) is 4.11. The summed E-state index contributed by atoms with van der Waals surface area (Å²) in [6.07, 6.45) is 4.51. The van der Waals surface area contributed by atoms with Crippen molar-refractivity contribution >= 4 is 5.69 Å². The fourth-order valence-corrected chi connectivity index (χ4v) is 2.31. The molecule has 0 aromatic heterocycles. The zero-order valence-electron chi connectivity index (χ0n) is 9.02. The Kier molecular flexibility index (Phi) is 3.07. The van der Waals surface area contributed by atoms with Crippen LogP contribution in [-0.4, -0.2) is 18.0 Å². The minimum Gasteiger partial charge on any atom is -0.399 e. The number of hydrogen-bond acceptors (Lipinski definition) is 2. The molecule has 0 bridgehead atoms. The van der Waals surface area contributed by atoms with Gasteiger partial charge in [0.2, 0.25) is 0 Å². The van der Waals surface area contributed by atoms with E-state index in [-0.39, 0.29) is 0 Å². The van der Waals surface area contributed by atoms with E-state index in [1.807, 2.05) is 18.2 Å². The van der Waals surface area contributed by atoms with Crippen molar-refractivity contribution < 1.29 is 0 Å². The van der Waals surface area contributed by atoms with Crippen molar-refractivity contribution in [3.05, 3.63) is 42.5 Å². The largest absolute Gasteiger partial charge is 0.399 e. The molecule has 1 heterocycles. The number of nitrogens with zero attached hydrogens (tertiary/aromatic N) is 1. The summed E-state index contributed by atoms with van der Waals surface area (Å²) in [6, 6.07) is 8.81. The van der Waals surface area contributed by atoms with E-state index in [2.05, 4.69) is 23.6 Å². The van der Waals surface area contributed by atoms with Crippen LogP contribution in [0.2, 0.25) is 0 Å². The lowest BCUT2D eigenvalue weighted by Gasteiger charge is -2.23. The van der Waals surface area contributed by atoms with Gasteiger partial charge in [0, 0.05) is 18.3 Å². The van der Waals surface area contributed by atoms with Gasteiger partial charge in [-0.25, -0.2) is 0 Å². The third-order valence-corrected chi connectivity index (χ3v) is 3.05. The van der Waals surface area contributed by atoms with Crippen LogP contribution in [0.5, 0.6) is 0 Å². The lowest BCUT2D eigenvalue weighted by atomic mass is 10.0. The van der Waals surface area contributed by atoms with Crippen molar-refractivity contribution in [1.82, 2.24) is 4.90 Å². The smallest absolute Gasteiger partial charge is 0.0351 e. The molecule has 0 amide bonds. The Balaban J connectivity index is 2.15. The van der Waals surface area contributed by atoms with Gasteiger partial charge in [-0.1, -0.05) is 18.2 Å². The minimum atomic E-state index is 0.559. The van der Waals surface area contributed by atoms with Crippen molar-refractivity contribution in [2.45, 2.75) is 18.9 Å². The van der Waals surface area contributed by atoms with Crippen LogP contribution in [-0.2, 0) is 0 Å². The van der Waals surface area contributed by atoms with E-state index in [0.29, 0.717) is 6.04 Å². The maximum absolute atomic E-state index is 5.69. The number of anilines is 1.